The number of rotatable bonds is 10. The number of aryl methyl sites for hydroxylation is 2. The Balaban J connectivity index is 0.000000386. The van der Waals surface area contributed by atoms with Gasteiger partial charge < -0.3 is 49.3 Å². The lowest BCUT2D eigenvalue weighted by molar-refractivity contribution is 0.0804. The zero-order valence-corrected chi connectivity index (χ0v) is 37.1. The van der Waals surface area contributed by atoms with E-state index >= 15 is 0 Å². The quantitative estimate of drug-likeness (QED) is 0.0567. The first-order chi connectivity index (χ1) is 29.6. The van der Waals surface area contributed by atoms with Gasteiger partial charge in [0.15, 0.2) is 0 Å². The lowest BCUT2D eigenvalue weighted by Gasteiger charge is -2.16. The molecule has 0 saturated heterocycles. The fourth-order valence-electron chi connectivity index (χ4n) is 5.76. The molecule has 0 aliphatic carbocycles. The van der Waals surface area contributed by atoms with Gasteiger partial charge in [-0.2, -0.15) is 8.78 Å². The van der Waals surface area contributed by atoms with Gasteiger partial charge in [-0.05, 0) is 48.5 Å². The summed E-state index contributed by atoms with van der Waals surface area (Å²) in [5, 5.41) is 41.8. The molecule has 0 unspecified atom stereocenters. The summed E-state index contributed by atoms with van der Waals surface area (Å²) < 4.78 is 62.6. The Hall–Kier alpha value is -6.26. The van der Waals surface area contributed by atoms with Gasteiger partial charge in [0, 0.05) is 36.5 Å². The number of nitrogens with zero attached hydrogens (tertiary/aromatic N) is 4. The second-order valence-corrected chi connectivity index (χ2v) is 20.7. The van der Waals surface area contributed by atoms with Crippen LogP contribution in [0.5, 0.6) is 0 Å². The van der Waals surface area contributed by atoms with Gasteiger partial charge in [0.1, 0.15) is 19.7 Å². The number of benzene rings is 2. The first-order valence-corrected chi connectivity index (χ1v) is 23.0. The summed E-state index contributed by atoms with van der Waals surface area (Å²) >= 11 is 3.12. The highest BCUT2D eigenvalue weighted by Crippen LogP contribution is 2.29. The average molecular weight is 988 g/mol. The van der Waals surface area contributed by atoms with Crippen LogP contribution >= 0.6 is 15.9 Å². The van der Waals surface area contributed by atoms with E-state index in [2.05, 4.69) is 57.7 Å². The summed E-state index contributed by atoms with van der Waals surface area (Å²) in [6, 6.07) is 10.5. The third-order valence-corrected chi connectivity index (χ3v) is 10.5. The topological polar surface area (TPSA) is 193 Å². The monoisotopic (exact) mass is 986 g/mol. The third kappa shape index (κ3) is 12.7. The van der Waals surface area contributed by atoms with Crippen molar-refractivity contribution < 1.29 is 38.0 Å². The standard InChI is InChI=1S/C20H17F2N3O4.C18H16BrF2N3O4.C5H10Si.2CH4/c1-3-11-4-5-14(13(21)8-11)23-18-16-15(24(2)20(29)17(18)22)6-7-25(19(16)28)9-12(27)10-26;1-23-13-4-5-24(7-10(26)8-25)17(27)14(13)16(15(21)18(23)28)22-12-3-2-9(19)6-11(12)20;1-5-6(2,3)4;;/h1,4-8,12,23,26-27H,9-10H2,2H3;2-6,10,22,25-26H,7-8H2,1H3;1H,2-4H3;2*1H4/t12-;10-;;;/m11.../s1. The zero-order chi connectivity index (χ0) is 47.1. The first-order valence-electron chi connectivity index (χ1n) is 18.7. The average Bonchev–Trinajstić information content (AvgIpc) is 3.25. The molecule has 0 bridgehead atoms. The Bertz CT molecular complexity index is 3030. The van der Waals surface area contributed by atoms with Crippen molar-refractivity contribution in [1.29, 1.82) is 0 Å². The molecule has 0 aliphatic rings. The van der Waals surface area contributed by atoms with Gasteiger partial charge >= 0.3 is 0 Å². The van der Waals surface area contributed by atoms with Crippen LogP contribution in [0.15, 0.2) is 84.6 Å². The van der Waals surface area contributed by atoms with E-state index in [9.17, 15) is 47.0 Å². The predicted octanol–water partition coefficient (Wildman–Crippen LogP) is 5.66. The summed E-state index contributed by atoms with van der Waals surface area (Å²) in [4.78, 5) is 50.3. The molecule has 0 fully saturated rings. The van der Waals surface area contributed by atoms with Crippen molar-refractivity contribution in [3.63, 3.8) is 0 Å². The number of pyridine rings is 4. The van der Waals surface area contributed by atoms with E-state index < -0.39 is 90.4 Å². The molecule has 14 nitrogen and oxygen atoms in total. The molecule has 6 N–H and O–H groups in total. The van der Waals surface area contributed by atoms with Crippen LogP contribution in [-0.4, -0.2) is 72.2 Å². The number of halogens is 5. The van der Waals surface area contributed by atoms with E-state index in [1.165, 1.54) is 62.9 Å². The molecule has 65 heavy (non-hydrogen) atoms. The minimum Gasteiger partial charge on any atom is -0.394 e. The Labute approximate surface area is 381 Å². The van der Waals surface area contributed by atoms with Crippen LogP contribution in [0, 0.1) is 47.6 Å². The molecule has 2 atom stereocenters. The maximum atomic E-state index is 14.8. The molecular formula is C45H51BrF4N6O8Si. The normalized spacial score (nSPS) is 11.6. The lowest BCUT2D eigenvalue weighted by atomic mass is 10.1. The number of nitrogens with one attached hydrogen (secondary N) is 2. The Kier molecular flexibility index (Phi) is 19.5. The highest BCUT2D eigenvalue weighted by molar-refractivity contribution is 9.10. The molecule has 6 rings (SSSR count). The fourth-order valence-corrected chi connectivity index (χ4v) is 6.10. The number of aromatic nitrogens is 4. The molecule has 0 aliphatic heterocycles. The van der Waals surface area contributed by atoms with E-state index in [-0.39, 0.29) is 66.7 Å². The Morgan fingerprint density at radius 1 is 0.677 bits per heavy atom. The minimum absolute atomic E-state index is 0. The van der Waals surface area contributed by atoms with Crippen molar-refractivity contribution in [3.05, 3.63) is 136 Å². The summed E-state index contributed by atoms with van der Waals surface area (Å²) in [6.07, 6.45) is 10.6. The van der Waals surface area contributed by atoms with E-state index in [0.29, 0.717) is 4.47 Å². The zero-order valence-electron chi connectivity index (χ0n) is 34.5. The molecule has 0 spiro atoms. The number of hydrogen-bond donors (Lipinski definition) is 6. The van der Waals surface area contributed by atoms with Gasteiger partial charge in [0.25, 0.3) is 22.2 Å². The van der Waals surface area contributed by atoms with E-state index in [4.69, 9.17) is 23.1 Å². The van der Waals surface area contributed by atoms with Crippen molar-refractivity contribution in [2.24, 2.45) is 14.1 Å². The van der Waals surface area contributed by atoms with Crippen molar-refractivity contribution in [2.75, 3.05) is 23.8 Å². The molecule has 0 radical (unpaired) electrons. The molecule has 2 aromatic carbocycles. The lowest BCUT2D eigenvalue weighted by Crippen LogP contribution is -2.31. The largest absolute Gasteiger partial charge is 0.394 e. The molecule has 20 heteroatoms. The van der Waals surface area contributed by atoms with Crippen LogP contribution in [0.4, 0.5) is 40.3 Å². The highest BCUT2D eigenvalue weighted by atomic mass is 79.9. The number of terminal acetylenes is 2. The van der Waals surface area contributed by atoms with Crippen molar-refractivity contribution in [1.82, 2.24) is 18.3 Å². The second kappa shape index (κ2) is 23.1. The second-order valence-electron chi connectivity index (χ2n) is 15.0. The van der Waals surface area contributed by atoms with E-state index in [1.807, 2.05) is 0 Å². The minimum atomic E-state index is -1.27. The van der Waals surface area contributed by atoms with Gasteiger partial charge in [-0.1, -0.05) is 56.3 Å². The van der Waals surface area contributed by atoms with Crippen LogP contribution in [-0.2, 0) is 27.2 Å². The Morgan fingerprint density at radius 3 is 1.40 bits per heavy atom. The number of aliphatic hydroxyl groups is 4. The van der Waals surface area contributed by atoms with Crippen LogP contribution < -0.4 is 32.9 Å². The molecular weight excluding hydrogens is 937 g/mol. The maximum Gasteiger partial charge on any atom is 0.289 e. The molecule has 4 heterocycles. The van der Waals surface area contributed by atoms with Gasteiger partial charge in [-0.15, -0.1) is 18.4 Å². The van der Waals surface area contributed by atoms with Gasteiger partial charge in [0.2, 0.25) is 11.6 Å². The van der Waals surface area contributed by atoms with Crippen molar-refractivity contribution in [3.8, 4) is 24.3 Å². The maximum absolute atomic E-state index is 14.8. The fraction of sp³-hybridized carbons (Fsp3) is 0.289. The summed E-state index contributed by atoms with van der Waals surface area (Å²) in [6.45, 7) is 4.81. The van der Waals surface area contributed by atoms with Crippen molar-refractivity contribution in [2.45, 2.75) is 59.8 Å². The summed E-state index contributed by atoms with van der Waals surface area (Å²) in [5.74, 6) is -1.75. The predicted molar refractivity (Wildman–Crippen MR) is 254 cm³/mol. The first kappa shape index (κ1) is 54.9. The molecule has 348 valence electrons. The number of hydrogen-bond acceptors (Lipinski definition) is 10. The van der Waals surface area contributed by atoms with Crippen LogP contribution in [0.3, 0.4) is 0 Å². The summed E-state index contributed by atoms with van der Waals surface area (Å²) in [5.41, 5.74) is -1.43. The van der Waals surface area contributed by atoms with Crippen LogP contribution in [0.2, 0.25) is 19.6 Å². The number of aliphatic hydroxyl groups excluding tert-OH is 4. The molecule has 0 saturated carbocycles. The van der Waals surface area contributed by atoms with Gasteiger partial charge in [-0.3, -0.25) is 19.2 Å². The molecule has 4 aromatic heterocycles. The summed E-state index contributed by atoms with van der Waals surface area (Å²) in [7, 11) is 1.50. The van der Waals surface area contributed by atoms with Gasteiger partial charge in [0.05, 0.1) is 83.1 Å². The van der Waals surface area contributed by atoms with Crippen LogP contribution in [0.25, 0.3) is 21.8 Å². The Morgan fingerprint density at radius 2 is 1.06 bits per heavy atom. The third-order valence-electron chi connectivity index (χ3n) is 9.19. The van der Waals surface area contributed by atoms with E-state index in [0.717, 1.165) is 30.4 Å². The molecule has 6 aromatic rings. The number of fused-ring (bicyclic) bond motifs is 2. The SMILES string of the molecule is C.C.C#C[Si](C)(C)C.C#Cc1ccc(Nc2c(F)c(=O)n(C)c3ccn(C[C@@H](O)CO)c(=O)c23)c(F)c1.Cn1c(=O)c(F)c(Nc2ccc(Br)cc2F)c2c(=O)n(C[C@@H](O)CO)ccc21. The molecule has 0 amide bonds. The van der Waals surface area contributed by atoms with Gasteiger partial charge in [-0.25, -0.2) is 8.78 Å². The van der Waals surface area contributed by atoms with E-state index in [1.54, 1.807) is 0 Å². The van der Waals surface area contributed by atoms with Crippen LogP contribution in [0.1, 0.15) is 20.4 Å². The number of anilines is 4. The van der Waals surface area contributed by atoms with Crippen molar-refractivity contribution >= 4 is 68.6 Å². The highest BCUT2D eigenvalue weighted by Gasteiger charge is 2.23. The smallest absolute Gasteiger partial charge is 0.289 e.